The predicted molar refractivity (Wildman–Crippen MR) is 138 cm³/mol. The molecule has 2 aromatic carbocycles. The zero-order valence-corrected chi connectivity index (χ0v) is 22.1. The second-order valence-corrected chi connectivity index (χ2v) is 10.2. The van der Waals surface area contributed by atoms with Crippen molar-refractivity contribution in [1.82, 2.24) is 4.90 Å². The number of alkyl halides is 6. The molecule has 0 spiro atoms. The Bertz CT molecular complexity index is 1140. The van der Waals surface area contributed by atoms with Gasteiger partial charge in [0.15, 0.2) is 0 Å². The van der Waals surface area contributed by atoms with Crippen molar-refractivity contribution in [2.45, 2.75) is 70.1 Å². The molecule has 1 saturated heterocycles. The lowest BCUT2D eigenvalue weighted by Gasteiger charge is -2.42. The standard InChI is InChI=1S/C30H33F6NO3/c1-21(19-40-20-22-5-3-2-4-6-22)7-12-26(13-15-29(31,32)33)37-16-14-23(18-28(38)39)17-27(37)24-8-10-25(11-9-24)30(34,35)36/h2-6,8-11,21,23,26-27H,13-20H2,1H3,(H,38,39)/t21?,23-,26-,27+/m1/s1. The van der Waals surface area contributed by atoms with Crippen molar-refractivity contribution in [3.8, 4) is 11.8 Å². The van der Waals surface area contributed by atoms with Gasteiger partial charge in [0.05, 0.1) is 24.8 Å². The molecule has 1 N–H and O–H groups in total. The number of likely N-dealkylation sites (tertiary alicyclic amines) is 1. The molecule has 4 nitrogen and oxygen atoms in total. The lowest BCUT2D eigenvalue weighted by Crippen LogP contribution is -2.44. The molecule has 1 aliphatic rings. The molecule has 0 amide bonds. The van der Waals surface area contributed by atoms with E-state index in [1.807, 2.05) is 37.3 Å². The fourth-order valence-electron chi connectivity index (χ4n) is 4.91. The first-order valence-corrected chi connectivity index (χ1v) is 13.2. The summed E-state index contributed by atoms with van der Waals surface area (Å²) in [4.78, 5) is 13.1. The van der Waals surface area contributed by atoms with Crippen molar-refractivity contribution in [3.63, 3.8) is 0 Å². The number of rotatable bonds is 10. The minimum absolute atomic E-state index is 0.125. The number of piperidine rings is 1. The van der Waals surface area contributed by atoms with E-state index in [9.17, 15) is 36.2 Å². The van der Waals surface area contributed by atoms with Crippen LogP contribution in [0, 0.1) is 23.7 Å². The molecule has 218 valence electrons. The van der Waals surface area contributed by atoms with Gasteiger partial charge in [0, 0.05) is 31.3 Å². The van der Waals surface area contributed by atoms with E-state index in [1.165, 1.54) is 12.1 Å². The highest BCUT2D eigenvalue weighted by atomic mass is 19.4. The SMILES string of the molecule is CC(C#C[C@H](CCC(F)(F)F)N1CC[C@@H](CC(=O)O)C[C@H]1c1ccc(C(F)(F)F)cc1)COCc1ccccc1. The summed E-state index contributed by atoms with van der Waals surface area (Å²) in [5, 5.41) is 9.29. The molecule has 0 aromatic heterocycles. The van der Waals surface area contributed by atoms with Crippen LogP contribution in [0.5, 0.6) is 0 Å². The molecule has 0 aliphatic carbocycles. The Morgan fingerprint density at radius 1 is 1.05 bits per heavy atom. The average Bonchev–Trinajstić information content (AvgIpc) is 2.88. The van der Waals surface area contributed by atoms with E-state index in [0.717, 1.165) is 17.7 Å². The number of halogens is 6. The zero-order chi connectivity index (χ0) is 29.3. The summed E-state index contributed by atoms with van der Waals surface area (Å²) in [6, 6.07) is 12.6. The van der Waals surface area contributed by atoms with E-state index in [2.05, 4.69) is 11.8 Å². The molecule has 1 fully saturated rings. The highest BCUT2D eigenvalue weighted by Gasteiger charge is 2.37. The summed E-state index contributed by atoms with van der Waals surface area (Å²) in [5.74, 6) is 4.49. The molecular formula is C30H33F6NO3. The van der Waals surface area contributed by atoms with Gasteiger partial charge < -0.3 is 9.84 Å². The van der Waals surface area contributed by atoms with Crippen LogP contribution in [0.15, 0.2) is 54.6 Å². The molecule has 1 aliphatic heterocycles. The second-order valence-electron chi connectivity index (χ2n) is 10.2. The molecule has 2 aromatic rings. The fraction of sp³-hybridized carbons (Fsp3) is 0.500. The third-order valence-electron chi connectivity index (χ3n) is 6.92. The third kappa shape index (κ3) is 10.2. The number of carbonyl (C=O) groups is 1. The summed E-state index contributed by atoms with van der Waals surface area (Å²) in [6.45, 7) is 2.74. The van der Waals surface area contributed by atoms with Crippen molar-refractivity contribution >= 4 is 5.97 Å². The Labute approximate surface area is 230 Å². The molecule has 3 rings (SSSR count). The van der Waals surface area contributed by atoms with Crippen LogP contribution >= 0.6 is 0 Å². The van der Waals surface area contributed by atoms with Crippen LogP contribution in [-0.2, 0) is 22.3 Å². The quantitative estimate of drug-likeness (QED) is 0.238. The number of hydrogen-bond acceptors (Lipinski definition) is 3. The van der Waals surface area contributed by atoms with Crippen LogP contribution in [0.25, 0.3) is 0 Å². The molecule has 4 atom stereocenters. The van der Waals surface area contributed by atoms with Gasteiger partial charge in [0.2, 0.25) is 0 Å². The lowest BCUT2D eigenvalue weighted by molar-refractivity contribution is -0.140. The first kappa shape index (κ1) is 31.5. The van der Waals surface area contributed by atoms with Crippen LogP contribution in [-0.4, -0.2) is 41.3 Å². The van der Waals surface area contributed by atoms with E-state index in [-0.39, 0.29) is 44.2 Å². The van der Waals surface area contributed by atoms with Crippen LogP contribution < -0.4 is 0 Å². The van der Waals surface area contributed by atoms with Gasteiger partial charge in [0.1, 0.15) is 0 Å². The smallest absolute Gasteiger partial charge is 0.416 e. The fourth-order valence-corrected chi connectivity index (χ4v) is 4.91. The Kier molecular flexibility index (Phi) is 11.1. The van der Waals surface area contributed by atoms with Crippen LogP contribution in [0.2, 0.25) is 0 Å². The monoisotopic (exact) mass is 569 g/mol. The Morgan fingerprint density at radius 3 is 2.33 bits per heavy atom. The van der Waals surface area contributed by atoms with E-state index in [0.29, 0.717) is 18.6 Å². The summed E-state index contributed by atoms with van der Waals surface area (Å²) >= 11 is 0. The maximum absolute atomic E-state index is 13.2. The first-order valence-electron chi connectivity index (χ1n) is 13.2. The minimum atomic E-state index is -4.53. The molecule has 10 heteroatoms. The number of benzene rings is 2. The zero-order valence-electron chi connectivity index (χ0n) is 22.1. The highest BCUT2D eigenvalue weighted by Crippen LogP contribution is 2.39. The van der Waals surface area contributed by atoms with Crippen molar-refractivity contribution in [2.24, 2.45) is 11.8 Å². The molecule has 0 saturated carbocycles. The van der Waals surface area contributed by atoms with E-state index in [1.54, 1.807) is 4.90 Å². The lowest BCUT2D eigenvalue weighted by atomic mass is 9.83. The molecule has 1 unspecified atom stereocenters. The first-order chi connectivity index (χ1) is 18.8. The predicted octanol–water partition coefficient (Wildman–Crippen LogP) is 7.50. The van der Waals surface area contributed by atoms with Crippen molar-refractivity contribution in [1.29, 1.82) is 0 Å². The van der Waals surface area contributed by atoms with Gasteiger partial charge in [-0.2, -0.15) is 26.3 Å². The number of hydrogen-bond donors (Lipinski definition) is 1. The third-order valence-corrected chi connectivity index (χ3v) is 6.92. The van der Waals surface area contributed by atoms with Gasteiger partial charge in [0.25, 0.3) is 0 Å². The van der Waals surface area contributed by atoms with Gasteiger partial charge in [-0.15, -0.1) is 0 Å². The number of ether oxygens (including phenoxy) is 1. The number of aliphatic carboxylic acids is 1. The minimum Gasteiger partial charge on any atom is -0.481 e. The summed E-state index contributed by atoms with van der Waals surface area (Å²) in [6.07, 6.45) is -9.72. The topological polar surface area (TPSA) is 49.8 Å². The van der Waals surface area contributed by atoms with Gasteiger partial charge in [-0.05, 0) is 55.4 Å². The van der Waals surface area contributed by atoms with Gasteiger partial charge in [-0.3, -0.25) is 9.69 Å². The van der Waals surface area contributed by atoms with E-state index in [4.69, 9.17) is 4.74 Å². The van der Waals surface area contributed by atoms with Crippen molar-refractivity contribution < 1.29 is 41.0 Å². The summed E-state index contributed by atoms with van der Waals surface area (Å²) in [5.41, 5.74) is 0.633. The van der Waals surface area contributed by atoms with Crippen molar-refractivity contribution in [3.05, 3.63) is 71.3 Å². The molecule has 1 heterocycles. The van der Waals surface area contributed by atoms with E-state index >= 15 is 0 Å². The normalized spacial score (nSPS) is 19.9. The summed E-state index contributed by atoms with van der Waals surface area (Å²) in [7, 11) is 0. The summed E-state index contributed by atoms with van der Waals surface area (Å²) < 4.78 is 84.8. The van der Waals surface area contributed by atoms with Crippen LogP contribution in [0.3, 0.4) is 0 Å². The number of nitrogens with zero attached hydrogens (tertiary/aromatic N) is 1. The largest absolute Gasteiger partial charge is 0.481 e. The van der Waals surface area contributed by atoms with Gasteiger partial charge >= 0.3 is 18.3 Å². The van der Waals surface area contributed by atoms with Gasteiger partial charge in [-0.1, -0.05) is 54.3 Å². The molecule has 0 radical (unpaired) electrons. The number of carboxylic acids is 1. The maximum atomic E-state index is 13.2. The molecule has 40 heavy (non-hydrogen) atoms. The molecular weight excluding hydrogens is 536 g/mol. The van der Waals surface area contributed by atoms with Crippen molar-refractivity contribution in [2.75, 3.05) is 13.2 Å². The van der Waals surface area contributed by atoms with Gasteiger partial charge in [-0.25, -0.2) is 0 Å². The van der Waals surface area contributed by atoms with Crippen LogP contribution in [0.4, 0.5) is 26.3 Å². The number of carboxylic acid groups (broad SMARTS) is 1. The van der Waals surface area contributed by atoms with E-state index < -0.39 is 42.4 Å². The van der Waals surface area contributed by atoms with Crippen LogP contribution in [0.1, 0.15) is 61.8 Å². The molecule has 0 bridgehead atoms. The Balaban J connectivity index is 1.82. The average molecular weight is 570 g/mol. The maximum Gasteiger partial charge on any atom is 0.416 e. The highest BCUT2D eigenvalue weighted by molar-refractivity contribution is 5.67. The second kappa shape index (κ2) is 14.0. The Morgan fingerprint density at radius 2 is 1.73 bits per heavy atom. The Hall–Kier alpha value is -3.03.